The molecular formula is C14H16ClN3. The molecule has 1 heterocycles. The van der Waals surface area contributed by atoms with Crippen molar-refractivity contribution in [1.29, 1.82) is 0 Å². The van der Waals surface area contributed by atoms with Crippen LogP contribution in [0.15, 0.2) is 36.7 Å². The third kappa shape index (κ3) is 2.79. The van der Waals surface area contributed by atoms with E-state index >= 15 is 0 Å². The molecule has 2 rings (SSSR count). The number of nitrogens with zero attached hydrogens (tertiary/aromatic N) is 3. The van der Waals surface area contributed by atoms with Crippen molar-refractivity contribution in [2.24, 2.45) is 0 Å². The van der Waals surface area contributed by atoms with E-state index in [0.717, 1.165) is 17.8 Å². The van der Waals surface area contributed by atoms with Crippen LogP contribution in [-0.4, -0.2) is 16.5 Å². The number of hydrogen-bond acceptors (Lipinski definition) is 3. The van der Waals surface area contributed by atoms with E-state index in [2.05, 4.69) is 53.0 Å². The lowest BCUT2D eigenvalue weighted by Gasteiger charge is -2.20. The fourth-order valence-corrected chi connectivity index (χ4v) is 1.86. The number of aryl methyl sites for hydroxylation is 1. The molecule has 0 unspecified atom stereocenters. The summed E-state index contributed by atoms with van der Waals surface area (Å²) in [6.07, 6.45) is 3.54. The van der Waals surface area contributed by atoms with Crippen LogP contribution in [0.2, 0.25) is 0 Å². The van der Waals surface area contributed by atoms with E-state index < -0.39 is 0 Å². The lowest BCUT2D eigenvalue weighted by atomic mass is 10.2. The van der Waals surface area contributed by atoms with Crippen molar-refractivity contribution in [2.45, 2.75) is 19.7 Å². The van der Waals surface area contributed by atoms with Crippen molar-refractivity contribution in [3.8, 4) is 0 Å². The number of hydrogen-bond donors (Lipinski definition) is 0. The van der Waals surface area contributed by atoms with Crippen molar-refractivity contribution in [2.75, 3.05) is 11.4 Å². The molecule has 0 radical (unpaired) electrons. The van der Waals surface area contributed by atoms with E-state index in [9.17, 15) is 0 Å². The summed E-state index contributed by atoms with van der Waals surface area (Å²) < 4.78 is 0. The number of rotatable bonds is 4. The Labute approximate surface area is 112 Å². The first-order valence-electron chi connectivity index (χ1n) is 5.95. The van der Waals surface area contributed by atoms with Gasteiger partial charge in [0.05, 0.1) is 5.88 Å². The average Bonchev–Trinajstić information content (AvgIpc) is 2.42. The Morgan fingerprint density at radius 1 is 1.11 bits per heavy atom. The Bertz CT molecular complexity index is 493. The van der Waals surface area contributed by atoms with Crippen LogP contribution in [0.3, 0.4) is 0 Å². The van der Waals surface area contributed by atoms with Gasteiger partial charge in [-0.1, -0.05) is 17.7 Å². The summed E-state index contributed by atoms with van der Waals surface area (Å²) in [5.41, 5.74) is 3.27. The van der Waals surface area contributed by atoms with Gasteiger partial charge in [0.25, 0.3) is 0 Å². The largest absolute Gasteiger partial charge is 0.311 e. The molecule has 0 fully saturated rings. The maximum absolute atomic E-state index is 5.73. The molecule has 4 heteroatoms. The molecule has 1 aromatic heterocycles. The van der Waals surface area contributed by atoms with Gasteiger partial charge in [0.2, 0.25) is 5.95 Å². The van der Waals surface area contributed by atoms with Crippen LogP contribution in [0.25, 0.3) is 0 Å². The molecular weight excluding hydrogens is 246 g/mol. The second kappa shape index (κ2) is 5.83. The maximum Gasteiger partial charge on any atom is 0.229 e. The van der Waals surface area contributed by atoms with Crippen LogP contribution in [0.4, 0.5) is 11.6 Å². The molecule has 0 aliphatic rings. The molecule has 0 saturated carbocycles. The van der Waals surface area contributed by atoms with E-state index in [4.69, 9.17) is 11.6 Å². The Kier molecular flexibility index (Phi) is 4.15. The highest BCUT2D eigenvalue weighted by Crippen LogP contribution is 2.21. The Morgan fingerprint density at radius 3 is 2.22 bits per heavy atom. The molecule has 1 aromatic carbocycles. The summed E-state index contributed by atoms with van der Waals surface area (Å²) in [4.78, 5) is 10.8. The van der Waals surface area contributed by atoms with Crippen molar-refractivity contribution < 1.29 is 0 Å². The van der Waals surface area contributed by atoms with Crippen LogP contribution in [0.1, 0.15) is 18.1 Å². The quantitative estimate of drug-likeness (QED) is 0.786. The first kappa shape index (κ1) is 12.8. The molecule has 3 nitrogen and oxygen atoms in total. The first-order chi connectivity index (χ1) is 8.74. The van der Waals surface area contributed by atoms with Gasteiger partial charge in [-0.25, -0.2) is 9.97 Å². The van der Waals surface area contributed by atoms with Gasteiger partial charge in [-0.15, -0.1) is 11.6 Å². The molecule has 0 aliphatic heterocycles. The number of anilines is 2. The Hall–Kier alpha value is -1.61. The molecule has 0 atom stereocenters. The third-order valence-corrected chi connectivity index (χ3v) is 3.06. The number of alkyl halides is 1. The second-order valence-corrected chi connectivity index (χ2v) is 4.37. The zero-order valence-corrected chi connectivity index (χ0v) is 11.4. The van der Waals surface area contributed by atoms with Crippen LogP contribution in [0.5, 0.6) is 0 Å². The van der Waals surface area contributed by atoms with Gasteiger partial charge in [0, 0.05) is 30.2 Å². The SMILES string of the molecule is CCN(c1ccc(C)cc1)c1ncc(CCl)cn1. The average molecular weight is 262 g/mol. The zero-order chi connectivity index (χ0) is 13.0. The van der Waals surface area contributed by atoms with E-state index in [0.29, 0.717) is 11.8 Å². The maximum atomic E-state index is 5.73. The summed E-state index contributed by atoms with van der Waals surface area (Å²) >= 11 is 5.73. The van der Waals surface area contributed by atoms with E-state index in [-0.39, 0.29) is 0 Å². The Morgan fingerprint density at radius 2 is 1.72 bits per heavy atom. The lowest BCUT2D eigenvalue weighted by molar-refractivity contribution is 0.939. The molecule has 94 valence electrons. The fourth-order valence-electron chi connectivity index (χ4n) is 1.72. The highest BCUT2D eigenvalue weighted by molar-refractivity contribution is 6.17. The fraction of sp³-hybridized carbons (Fsp3) is 0.286. The molecule has 0 spiro atoms. The Balaban J connectivity index is 2.29. The monoisotopic (exact) mass is 261 g/mol. The van der Waals surface area contributed by atoms with E-state index in [1.165, 1.54) is 5.56 Å². The third-order valence-electron chi connectivity index (χ3n) is 2.75. The molecule has 0 N–H and O–H groups in total. The second-order valence-electron chi connectivity index (χ2n) is 4.10. The minimum absolute atomic E-state index is 0.441. The summed E-state index contributed by atoms with van der Waals surface area (Å²) in [6.45, 7) is 4.98. The normalized spacial score (nSPS) is 10.4. The summed E-state index contributed by atoms with van der Waals surface area (Å²) in [7, 11) is 0. The zero-order valence-electron chi connectivity index (χ0n) is 10.6. The summed E-state index contributed by atoms with van der Waals surface area (Å²) in [6, 6.07) is 8.34. The highest BCUT2D eigenvalue weighted by Gasteiger charge is 2.09. The summed E-state index contributed by atoms with van der Waals surface area (Å²) in [5.74, 6) is 1.15. The number of aromatic nitrogens is 2. The van der Waals surface area contributed by atoms with E-state index in [1.54, 1.807) is 12.4 Å². The van der Waals surface area contributed by atoms with Crippen molar-refractivity contribution >= 4 is 23.2 Å². The highest BCUT2D eigenvalue weighted by atomic mass is 35.5. The molecule has 0 bridgehead atoms. The first-order valence-corrected chi connectivity index (χ1v) is 6.49. The van der Waals surface area contributed by atoms with Gasteiger partial charge in [0.1, 0.15) is 0 Å². The molecule has 0 saturated heterocycles. The van der Waals surface area contributed by atoms with Crippen LogP contribution in [-0.2, 0) is 5.88 Å². The minimum Gasteiger partial charge on any atom is -0.311 e. The standard InChI is InChI=1S/C14H16ClN3/c1-3-18(13-6-4-11(2)5-7-13)14-16-9-12(8-15)10-17-14/h4-7,9-10H,3,8H2,1-2H3. The van der Waals surface area contributed by atoms with E-state index in [1.807, 2.05) is 0 Å². The smallest absolute Gasteiger partial charge is 0.229 e. The van der Waals surface area contributed by atoms with Crippen LogP contribution in [0, 0.1) is 6.92 Å². The number of halogens is 1. The molecule has 0 amide bonds. The molecule has 2 aromatic rings. The van der Waals surface area contributed by atoms with Crippen molar-refractivity contribution in [3.05, 3.63) is 47.8 Å². The van der Waals surface area contributed by atoms with Crippen molar-refractivity contribution in [3.63, 3.8) is 0 Å². The minimum atomic E-state index is 0.441. The van der Waals surface area contributed by atoms with Crippen molar-refractivity contribution in [1.82, 2.24) is 9.97 Å². The predicted molar refractivity (Wildman–Crippen MR) is 75.4 cm³/mol. The van der Waals surface area contributed by atoms with Crippen LogP contribution < -0.4 is 4.90 Å². The van der Waals surface area contributed by atoms with Gasteiger partial charge in [-0.2, -0.15) is 0 Å². The topological polar surface area (TPSA) is 29.0 Å². The van der Waals surface area contributed by atoms with Gasteiger partial charge in [-0.3, -0.25) is 0 Å². The predicted octanol–water partition coefficient (Wildman–Crippen LogP) is 3.68. The number of benzene rings is 1. The molecule has 18 heavy (non-hydrogen) atoms. The van der Waals surface area contributed by atoms with Gasteiger partial charge in [-0.05, 0) is 26.0 Å². The van der Waals surface area contributed by atoms with Gasteiger partial charge in [0.15, 0.2) is 0 Å². The van der Waals surface area contributed by atoms with Crippen LogP contribution >= 0.6 is 11.6 Å². The lowest BCUT2D eigenvalue weighted by Crippen LogP contribution is -2.18. The molecule has 0 aliphatic carbocycles. The summed E-state index contributed by atoms with van der Waals surface area (Å²) in [5, 5.41) is 0. The van der Waals surface area contributed by atoms with Gasteiger partial charge >= 0.3 is 0 Å². The van der Waals surface area contributed by atoms with Gasteiger partial charge < -0.3 is 4.90 Å².